The zero-order valence-corrected chi connectivity index (χ0v) is 14.7. The Morgan fingerprint density at radius 2 is 1.48 bits per heavy atom. The fourth-order valence-corrected chi connectivity index (χ4v) is 2.30. The van der Waals surface area contributed by atoms with E-state index in [0.29, 0.717) is 5.76 Å². The molecule has 0 aliphatic heterocycles. The van der Waals surface area contributed by atoms with Crippen molar-refractivity contribution in [1.29, 1.82) is 0 Å². The van der Waals surface area contributed by atoms with E-state index in [9.17, 15) is 5.11 Å². The first-order chi connectivity index (χ1) is 11.3. The van der Waals surface area contributed by atoms with Crippen molar-refractivity contribution in [1.82, 2.24) is 0 Å². The van der Waals surface area contributed by atoms with E-state index in [1.165, 1.54) is 0 Å². The van der Waals surface area contributed by atoms with Crippen LogP contribution >= 0.6 is 0 Å². The van der Waals surface area contributed by atoms with Crippen molar-refractivity contribution in [3.63, 3.8) is 0 Å². The molecule has 1 aromatic rings. The molecule has 0 fully saturated rings. The van der Waals surface area contributed by atoms with Gasteiger partial charge in [-0.05, 0) is 40.9 Å². The van der Waals surface area contributed by atoms with Gasteiger partial charge in [0.05, 0.1) is 0 Å². The van der Waals surface area contributed by atoms with Gasteiger partial charge in [0.1, 0.15) is 5.76 Å². The maximum absolute atomic E-state index is 10.1. The molecule has 0 spiro atoms. The van der Waals surface area contributed by atoms with Crippen molar-refractivity contribution in [3.8, 4) is 0 Å². The van der Waals surface area contributed by atoms with Gasteiger partial charge in [0, 0.05) is 6.42 Å². The second-order valence-corrected chi connectivity index (χ2v) is 4.82. The molecule has 2 aliphatic carbocycles. The molecule has 23 heavy (non-hydrogen) atoms. The van der Waals surface area contributed by atoms with Gasteiger partial charge < -0.3 is 5.11 Å². The van der Waals surface area contributed by atoms with E-state index in [1.54, 1.807) is 0 Å². The molecule has 1 N–H and O–H groups in total. The van der Waals surface area contributed by atoms with Crippen LogP contribution in [0.5, 0.6) is 0 Å². The van der Waals surface area contributed by atoms with Gasteiger partial charge >= 0.3 is 0 Å². The summed E-state index contributed by atoms with van der Waals surface area (Å²) in [4.78, 5) is 0. The first-order valence-electron chi connectivity index (χ1n) is 8.56. The number of aliphatic hydroxyl groups excluding tert-OH is 1. The minimum absolute atomic E-state index is 0.434. The number of benzene rings is 1. The Bertz CT molecular complexity index is 611. The van der Waals surface area contributed by atoms with Crippen molar-refractivity contribution in [2.45, 2.75) is 40.5 Å². The van der Waals surface area contributed by atoms with Gasteiger partial charge in [-0.2, -0.15) is 0 Å². The lowest BCUT2D eigenvalue weighted by molar-refractivity contribution is 0.399. The lowest BCUT2D eigenvalue weighted by atomic mass is 9.87. The van der Waals surface area contributed by atoms with Crippen LogP contribution in [0.3, 0.4) is 0 Å². The van der Waals surface area contributed by atoms with Crippen LogP contribution in [0, 0.1) is 0 Å². The first-order valence-corrected chi connectivity index (χ1v) is 8.56. The molecule has 0 aromatic heterocycles. The standard InChI is InChI=1S/C18H16O.2C2H6/c19-18-16(11-14-7-3-1-4-8-14)13-17(18)12-15-9-5-2-6-10-15;2*1-2/h1,3-12,19H,2,13H2;2*1-2H3. The molecule has 1 heteroatoms. The molecular formula is C22H28O. The van der Waals surface area contributed by atoms with Gasteiger partial charge in [0.25, 0.3) is 0 Å². The Balaban J connectivity index is 0.000000615. The van der Waals surface area contributed by atoms with E-state index in [-0.39, 0.29) is 0 Å². The summed E-state index contributed by atoms with van der Waals surface area (Å²) in [5.74, 6) is 0.434. The van der Waals surface area contributed by atoms with Crippen LogP contribution < -0.4 is 0 Å². The zero-order chi connectivity index (χ0) is 17.1. The Morgan fingerprint density at radius 3 is 2.04 bits per heavy atom. The third kappa shape index (κ3) is 5.45. The lowest BCUT2D eigenvalue weighted by Crippen LogP contribution is -2.06. The van der Waals surface area contributed by atoms with Crippen molar-refractivity contribution >= 4 is 6.08 Å². The predicted octanol–water partition coefficient (Wildman–Crippen LogP) is 6.78. The van der Waals surface area contributed by atoms with Crippen molar-refractivity contribution in [2.75, 3.05) is 0 Å². The normalized spacial score (nSPS) is 16.9. The van der Waals surface area contributed by atoms with Gasteiger partial charge in [-0.1, -0.05) is 82.3 Å². The van der Waals surface area contributed by atoms with Gasteiger partial charge in [-0.15, -0.1) is 0 Å². The van der Waals surface area contributed by atoms with Gasteiger partial charge in [-0.3, -0.25) is 0 Å². The molecule has 0 unspecified atom stereocenters. The number of hydrogen-bond donors (Lipinski definition) is 1. The average Bonchev–Trinajstić information content (AvgIpc) is 2.65. The quantitative estimate of drug-likeness (QED) is 0.638. The van der Waals surface area contributed by atoms with Gasteiger partial charge in [-0.25, -0.2) is 0 Å². The van der Waals surface area contributed by atoms with E-state index >= 15 is 0 Å². The molecule has 1 nitrogen and oxygen atoms in total. The minimum Gasteiger partial charge on any atom is -0.507 e. The SMILES string of the molecule is CC.CC.OC1=C(C=C2C=CCC=C2)CC1=Cc1ccccc1. The highest BCUT2D eigenvalue weighted by Crippen LogP contribution is 2.35. The smallest absolute Gasteiger partial charge is 0.122 e. The molecule has 3 rings (SSSR count). The summed E-state index contributed by atoms with van der Waals surface area (Å²) in [5.41, 5.74) is 4.33. The minimum atomic E-state index is 0.434. The maximum atomic E-state index is 10.1. The number of allylic oxidation sites excluding steroid dienone is 8. The third-order valence-electron chi connectivity index (χ3n) is 3.36. The van der Waals surface area contributed by atoms with E-state index < -0.39 is 0 Å². The molecule has 0 radical (unpaired) electrons. The highest BCUT2D eigenvalue weighted by atomic mass is 16.3. The Labute approximate surface area is 141 Å². The lowest BCUT2D eigenvalue weighted by Gasteiger charge is -2.21. The molecule has 0 atom stereocenters. The first kappa shape index (κ1) is 18.8. The topological polar surface area (TPSA) is 20.2 Å². The second kappa shape index (κ2) is 10.4. The van der Waals surface area contributed by atoms with Crippen LogP contribution in [0.1, 0.15) is 46.1 Å². The van der Waals surface area contributed by atoms with Crippen LogP contribution in [0.25, 0.3) is 6.08 Å². The summed E-state index contributed by atoms with van der Waals surface area (Å²) in [6.45, 7) is 8.00. The Hall–Kier alpha value is -2.28. The van der Waals surface area contributed by atoms with E-state index in [0.717, 1.165) is 35.1 Å². The molecule has 0 saturated heterocycles. The van der Waals surface area contributed by atoms with Crippen LogP contribution in [0.4, 0.5) is 0 Å². The molecule has 0 bridgehead atoms. The zero-order valence-electron chi connectivity index (χ0n) is 14.7. The van der Waals surface area contributed by atoms with Gasteiger partial charge in [0.15, 0.2) is 0 Å². The fraction of sp³-hybridized carbons (Fsp3) is 0.273. The second-order valence-electron chi connectivity index (χ2n) is 4.82. The van der Waals surface area contributed by atoms with Crippen molar-refractivity contribution < 1.29 is 5.11 Å². The Morgan fingerprint density at radius 1 is 0.870 bits per heavy atom. The fourth-order valence-electron chi connectivity index (χ4n) is 2.30. The third-order valence-corrected chi connectivity index (χ3v) is 3.36. The molecule has 122 valence electrons. The van der Waals surface area contributed by atoms with Crippen molar-refractivity contribution in [2.24, 2.45) is 0 Å². The average molecular weight is 308 g/mol. The van der Waals surface area contributed by atoms with Gasteiger partial charge in [0.2, 0.25) is 0 Å². The van der Waals surface area contributed by atoms with Crippen LogP contribution in [0.15, 0.2) is 83.2 Å². The number of aliphatic hydroxyl groups is 1. The largest absolute Gasteiger partial charge is 0.507 e. The molecule has 1 aromatic carbocycles. The monoisotopic (exact) mass is 308 g/mol. The summed E-state index contributed by atoms with van der Waals surface area (Å²) in [6.07, 6.45) is 14.4. The molecule has 2 aliphatic rings. The van der Waals surface area contributed by atoms with E-state index in [1.807, 2.05) is 64.1 Å². The van der Waals surface area contributed by atoms with Crippen LogP contribution in [-0.4, -0.2) is 5.11 Å². The summed E-state index contributed by atoms with van der Waals surface area (Å²) in [5, 5.41) is 10.1. The molecule has 0 saturated carbocycles. The summed E-state index contributed by atoms with van der Waals surface area (Å²) >= 11 is 0. The molecule has 0 heterocycles. The molecular weight excluding hydrogens is 280 g/mol. The van der Waals surface area contributed by atoms with E-state index in [4.69, 9.17) is 0 Å². The highest BCUT2D eigenvalue weighted by molar-refractivity contribution is 5.65. The summed E-state index contributed by atoms with van der Waals surface area (Å²) in [7, 11) is 0. The van der Waals surface area contributed by atoms with Crippen LogP contribution in [-0.2, 0) is 0 Å². The summed E-state index contributed by atoms with van der Waals surface area (Å²) < 4.78 is 0. The number of rotatable bonds is 2. The Kier molecular flexibility index (Phi) is 8.52. The molecule has 0 amide bonds. The number of hydrogen-bond acceptors (Lipinski definition) is 1. The van der Waals surface area contributed by atoms with Crippen LogP contribution in [0.2, 0.25) is 0 Å². The van der Waals surface area contributed by atoms with Crippen molar-refractivity contribution in [3.05, 3.63) is 88.8 Å². The highest BCUT2D eigenvalue weighted by Gasteiger charge is 2.21. The maximum Gasteiger partial charge on any atom is 0.122 e. The summed E-state index contributed by atoms with van der Waals surface area (Å²) in [6, 6.07) is 10.1. The van der Waals surface area contributed by atoms with E-state index in [2.05, 4.69) is 30.4 Å². The predicted molar refractivity (Wildman–Crippen MR) is 102 cm³/mol.